The van der Waals surface area contributed by atoms with Crippen LogP contribution in [0.1, 0.15) is 52.1 Å². The van der Waals surface area contributed by atoms with Crippen molar-refractivity contribution in [3.63, 3.8) is 0 Å². The number of halogens is 1. The third-order valence-electron chi connectivity index (χ3n) is 7.36. The summed E-state index contributed by atoms with van der Waals surface area (Å²) in [6, 6.07) is 2.63. The number of carbonyl (C=O) groups is 3. The first-order chi connectivity index (χ1) is 17.9. The molecule has 196 valence electrons. The highest BCUT2D eigenvalue weighted by Gasteiger charge is 2.31. The molecule has 1 saturated heterocycles. The highest BCUT2D eigenvalue weighted by atomic mass is 19.1. The van der Waals surface area contributed by atoms with Gasteiger partial charge in [-0.3, -0.25) is 14.4 Å². The topological polar surface area (TPSA) is 107 Å². The molecule has 0 saturated carbocycles. The number of hydrogen-bond donors (Lipinski definition) is 3. The highest BCUT2D eigenvalue weighted by Crippen LogP contribution is 2.37. The Hall–Kier alpha value is -3.50. The molecule has 2 aromatic rings. The average Bonchev–Trinajstić information content (AvgIpc) is 3.35. The number of amides is 3. The van der Waals surface area contributed by atoms with E-state index in [9.17, 15) is 18.8 Å². The minimum Gasteiger partial charge on any atom is -0.375 e. The molecule has 3 N–H and O–H groups in total. The van der Waals surface area contributed by atoms with Gasteiger partial charge in [-0.05, 0) is 56.6 Å². The first kappa shape index (κ1) is 25.2. The largest absolute Gasteiger partial charge is 0.375 e. The van der Waals surface area contributed by atoms with Crippen LogP contribution in [0, 0.1) is 12.7 Å². The van der Waals surface area contributed by atoms with Crippen molar-refractivity contribution in [1.29, 1.82) is 0 Å². The minimum absolute atomic E-state index is 0.00965. The molecule has 1 fully saturated rings. The number of carbonyl (C=O) groups excluding carboxylic acids is 3. The number of nitrogens with zero attached hydrogens (tertiary/aromatic N) is 2. The third-order valence-corrected chi connectivity index (χ3v) is 7.36. The number of likely N-dealkylation sites (tertiary alicyclic amines) is 1. The molecule has 9 nitrogen and oxygen atoms in total. The second kappa shape index (κ2) is 10.5. The summed E-state index contributed by atoms with van der Waals surface area (Å²) in [4.78, 5) is 45.6. The smallest absolute Gasteiger partial charge is 0.256 e. The summed E-state index contributed by atoms with van der Waals surface area (Å²) in [5.74, 6) is -1.53. The Morgan fingerprint density at radius 2 is 1.95 bits per heavy atom. The molecular weight excluding hydrogens is 477 g/mol. The Bertz CT molecular complexity index is 1280. The predicted octanol–water partition coefficient (Wildman–Crippen LogP) is 3.02. The Balaban J connectivity index is 1.37. The molecule has 3 amide bonds. The van der Waals surface area contributed by atoms with Crippen LogP contribution in [0.5, 0.6) is 0 Å². The van der Waals surface area contributed by atoms with Crippen molar-refractivity contribution in [2.75, 3.05) is 57.1 Å². The van der Waals surface area contributed by atoms with Crippen LogP contribution < -0.4 is 10.6 Å². The van der Waals surface area contributed by atoms with Gasteiger partial charge in [-0.2, -0.15) is 0 Å². The lowest BCUT2D eigenvalue weighted by molar-refractivity contribution is -0.119. The number of aromatic nitrogens is 1. The van der Waals surface area contributed by atoms with Crippen LogP contribution in [0.4, 0.5) is 15.8 Å². The van der Waals surface area contributed by atoms with Gasteiger partial charge in [0, 0.05) is 50.1 Å². The van der Waals surface area contributed by atoms with Gasteiger partial charge >= 0.3 is 0 Å². The van der Waals surface area contributed by atoms with Crippen molar-refractivity contribution in [1.82, 2.24) is 14.8 Å². The van der Waals surface area contributed by atoms with Crippen LogP contribution in [-0.2, 0) is 20.7 Å². The molecule has 0 atom stereocenters. The molecule has 5 rings (SSSR count). The van der Waals surface area contributed by atoms with Crippen molar-refractivity contribution in [3.8, 4) is 0 Å². The lowest BCUT2D eigenvalue weighted by atomic mass is 10.0. The van der Waals surface area contributed by atoms with Crippen molar-refractivity contribution >= 4 is 40.7 Å². The minimum atomic E-state index is -0.660. The van der Waals surface area contributed by atoms with Gasteiger partial charge in [0.1, 0.15) is 12.4 Å². The van der Waals surface area contributed by atoms with Crippen LogP contribution in [-0.4, -0.2) is 78.9 Å². The maximum absolute atomic E-state index is 14.8. The van der Waals surface area contributed by atoms with Crippen molar-refractivity contribution in [2.24, 2.45) is 0 Å². The molecule has 1 aromatic heterocycles. The van der Waals surface area contributed by atoms with Gasteiger partial charge in [0.25, 0.3) is 11.8 Å². The van der Waals surface area contributed by atoms with E-state index in [2.05, 4.69) is 20.5 Å². The first-order valence-corrected chi connectivity index (χ1v) is 12.7. The van der Waals surface area contributed by atoms with Gasteiger partial charge in [-0.1, -0.05) is 6.42 Å². The van der Waals surface area contributed by atoms with E-state index in [1.807, 2.05) is 11.8 Å². The van der Waals surface area contributed by atoms with E-state index in [1.54, 1.807) is 6.08 Å². The quantitative estimate of drug-likeness (QED) is 0.498. The second-order valence-corrected chi connectivity index (χ2v) is 9.83. The zero-order valence-corrected chi connectivity index (χ0v) is 21.2. The zero-order chi connectivity index (χ0) is 26.1. The van der Waals surface area contributed by atoms with Gasteiger partial charge in [-0.25, -0.2) is 4.39 Å². The lowest BCUT2D eigenvalue weighted by Gasteiger charge is -2.32. The number of anilines is 2. The van der Waals surface area contributed by atoms with Crippen molar-refractivity contribution in [3.05, 3.63) is 46.0 Å². The molecular formula is C27H32FN5O4. The fraction of sp³-hybridized carbons (Fsp3) is 0.444. The monoisotopic (exact) mass is 509 g/mol. The van der Waals surface area contributed by atoms with E-state index in [0.717, 1.165) is 30.9 Å². The molecule has 37 heavy (non-hydrogen) atoms. The van der Waals surface area contributed by atoms with E-state index in [-0.39, 0.29) is 24.1 Å². The number of fused-ring (bicyclic) bond motifs is 2. The molecule has 0 unspecified atom stereocenters. The number of hydrogen-bond acceptors (Lipinski definition) is 5. The number of ether oxygens (including phenoxy) is 1. The summed E-state index contributed by atoms with van der Waals surface area (Å²) in [5.41, 5.74) is 4.02. The van der Waals surface area contributed by atoms with Crippen LogP contribution in [0.15, 0.2) is 12.1 Å². The molecule has 0 spiro atoms. The fourth-order valence-corrected chi connectivity index (χ4v) is 5.38. The molecule has 3 aliphatic heterocycles. The SMILES string of the molecule is COCC(=O)Nc1cc2c(cc1F)/C(=C\c1[nH]c3c(c1C)C(=O)N(CCN1CCCCC1)CC3)C(=O)N2. The molecule has 1 aromatic carbocycles. The Morgan fingerprint density at radius 1 is 1.16 bits per heavy atom. The number of rotatable bonds is 7. The van der Waals surface area contributed by atoms with Gasteiger partial charge in [0.05, 0.1) is 22.5 Å². The normalized spacial score (nSPS) is 18.7. The summed E-state index contributed by atoms with van der Waals surface area (Å²) in [7, 11) is 1.37. The predicted molar refractivity (Wildman–Crippen MR) is 139 cm³/mol. The average molecular weight is 510 g/mol. The molecule has 10 heteroatoms. The fourth-order valence-electron chi connectivity index (χ4n) is 5.38. The Kier molecular flexibility index (Phi) is 7.12. The van der Waals surface area contributed by atoms with Crippen LogP contribution in [0.25, 0.3) is 11.6 Å². The summed E-state index contributed by atoms with van der Waals surface area (Å²) in [6.45, 7) is 6.10. The number of piperidine rings is 1. The highest BCUT2D eigenvalue weighted by molar-refractivity contribution is 6.35. The van der Waals surface area contributed by atoms with Crippen LogP contribution in [0.2, 0.25) is 0 Å². The first-order valence-electron chi connectivity index (χ1n) is 12.7. The van der Waals surface area contributed by atoms with Gasteiger partial charge in [0.2, 0.25) is 5.91 Å². The maximum atomic E-state index is 14.8. The number of methoxy groups -OCH3 is 1. The molecule has 0 bridgehead atoms. The van der Waals surface area contributed by atoms with Crippen LogP contribution >= 0.6 is 0 Å². The van der Waals surface area contributed by atoms with Crippen molar-refractivity contribution in [2.45, 2.75) is 32.6 Å². The standard InChI is InChI=1S/C27H32FN5O4/c1-16-21(29-20-6-9-33(27(36)25(16)20)11-10-32-7-4-3-5-8-32)13-18-17-12-19(28)23(30-24(34)15-37-2)14-22(17)31-26(18)35/h12-14,29H,3-11,15H2,1-2H3,(H,30,34)(H,31,35)/b18-13+. The van der Waals surface area contributed by atoms with E-state index < -0.39 is 11.7 Å². The van der Waals surface area contributed by atoms with Gasteiger partial charge in [0.15, 0.2) is 0 Å². The van der Waals surface area contributed by atoms with Crippen LogP contribution in [0.3, 0.4) is 0 Å². The van der Waals surface area contributed by atoms with E-state index >= 15 is 0 Å². The number of H-pyrrole nitrogens is 1. The van der Waals surface area contributed by atoms with E-state index in [1.165, 1.54) is 38.5 Å². The number of aromatic amines is 1. The summed E-state index contributed by atoms with van der Waals surface area (Å²) in [6.07, 6.45) is 6.11. The zero-order valence-electron chi connectivity index (χ0n) is 21.2. The van der Waals surface area contributed by atoms with E-state index in [4.69, 9.17) is 4.74 Å². The number of benzene rings is 1. The summed E-state index contributed by atoms with van der Waals surface area (Å²) >= 11 is 0. The Labute approximate surface area is 215 Å². The summed E-state index contributed by atoms with van der Waals surface area (Å²) in [5, 5.41) is 5.18. The van der Waals surface area contributed by atoms with Crippen molar-refractivity contribution < 1.29 is 23.5 Å². The number of nitrogens with one attached hydrogen (secondary N) is 3. The third kappa shape index (κ3) is 5.03. The summed E-state index contributed by atoms with van der Waals surface area (Å²) < 4.78 is 19.5. The second-order valence-electron chi connectivity index (χ2n) is 9.83. The van der Waals surface area contributed by atoms with Gasteiger partial charge in [-0.15, -0.1) is 0 Å². The maximum Gasteiger partial charge on any atom is 0.256 e. The molecule has 0 aliphatic carbocycles. The molecule has 3 aliphatic rings. The Morgan fingerprint density at radius 3 is 2.70 bits per heavy atom. The molecule has 4 heterocycles. The lowest BCUT2D eigenvalue weighted by Crippen LogP contribution is -2.43. The molecule has 0 radical (unpaired) electrons. The van der Waals surface area contributed by atoms with E-state index in [0.29, 0.717) is 47.6 Å². The van der Waals surface area contributed by atoms with Gasteiger partial charge < -0.3 is 30.2 Å².